The number of hydrogen-bond acceptors (Lipinski definition) is 5. The van der Waals surface area contributed by atoms with Gasteiger partial charge in [-0.3, -0.25) is 14.3 Å². The van der Waals surface area contributed by atoms with Crippen LogP contribution in [0.2, 0.25) is 0 Å². The summed E-state index contributed by atoms with van der Waals surface area (Å²) in [7, 11) is -4.10. The molecule has 0 aliphatic rings. The molecule has 10 heteroatoms. The maximum absolute atomic E-state index is 13.8. The van der Waals surface area contributed by atoms with Crippen LogP contribution in [0, 0.1) is 12.7 Å². The highest BCUT2D eigenvalue weighted by Gasteiger charge is 2.20. The minimum atomic E-state index is -4.10. The van der Waals surface area contributed by atoms with Gasteiger partial charge in [0.1, 0.15) is 11.5 Å². The van der Waals surface area contributed by atoms with Gasteiger partial charge in [0, 0.05) is 11.8 Å². The van der Waals surface area contributed by atoms with Crippen LogP contribution in [0.3, 0.4) is 0 Å². The SMILES string of the molecule is Cc1ccc(NC(=O)c2ccc(=O)[nH]n2)cc1S(=O)(=O)Nc1ccccc1F. The Morgan fingerprint density at radius 3 is 2.54 bits per heavy atom. The zero-order valence-corrected chi connectivity index (χ0v) is 15.4. The van der Waals surface area contributed by atoms with Gasteiger partial charge in [-0.25, -0.2) is 17.9 Å². The number of nitrogens with zero attached hydrogens (tertiary/aromatic N) is 1. The van der Waals surface area contributed by atoms with Crippen molar-refractivity contribution in [3.63, 3.8) is 0 Å². The first kappa shape index (κ1) is 19.2. The second-order valence-electron chi connectivity index (χ2n) is 5.83. The molecule has 0 atom stereocenters. The zero-order chi connectivity index (χ0) is 20.3. The number of amides is 1. The number of H-pyrrole nitrogens is 1. The number of benzene rings is 2. The summed E-state index contributed by atoms with van der Waals surface area (Å²) < 4.78 is 41.3. The van der Waals surface area contributed by atoms with Crippen LogP contribution < -0.4 is 15.6 Å². The van der Waals surface area contributed by atoms with Crippen molar-refractivity contribution in [1.82, 2.24) is 10.2 Å². The van der Waals surface area contributed by atoms with Crippen molar-refractivity contribution >= 4 is 27.3 Å². The molecule has 0 saturated heterocycles. The van der Waals surface area contributed by atoms with E-state index in [0.717, 1.165) is 12.1 Å². The van der Waals surface area contributed by atoms with Gasteiger partial charge in [-0.2, -0.15) is 5.10 Å². The van der Waals surface area contributed by atoms with Crippen LogP contribution in [0.1, 0.15) is 16.1 Å². The summed E-state index contributed by atoms with van der Waals surface area (Å²) in [4.78, 5) is 23.1. The third-order valence-corrected chi connectivity index (χ3v) is 5.27. The van der Waals surface area contributed by atoms with Crippen molar-refractivity contribution in [2.75, 3.05) is 10.0 Å². The minimum Gasteiger partial charge on any atom is -0.321 e. The maximum Gasteiger partial charge on any atom is 0.276 e. The molecule has 1 heterocycles. The summed E-state index contributed by atoms with van der Waals surface area (Å²) in [6, 6.07) is 12.0. The maximum atomic E-state index is 13.8. The van der Waals surface area contributed by atoms with Gasteiger partial charge >= 0.3 is 0 Å². The lowest BCUT2D eigenvalue weighted by atomic mass is 10.2. The Bertz CT molecular complexity index is 1190. The molecule has 3 N–H and O–H groups in total. The average molecular weight is 402 g/mol. The van der Waals surface area contributed by atoms with Crippen molar-refractivity contribution in [1.29, 1.82) is 0 Å². The van der Waals surface area contributed by atoms with E-state index in [1.54, 1.807) is 6.92 Å². The molecular formula is C18H15FN4O4S. The number of anilines is 2. The molecule has 3 rings (SSSR count). The molecule has 2 aromatic carbocycles. The monoisotopic (exact) mass is 402 g/mol. The minimum absolute atomic E-state index is 0.0472. The van der Waals surface area contributed by atoms with Gasteiger partial charge < -0.3 is 5.32 Å². The molecule has 0 bridgehead atoms. The lowest BCUT2D eigenvalue weighted by Crippen LogP contribution is -2.19. The van der Waals surface area contributed by atoms with Gasteiger partial charge in [0.05, 0.1) is 10.6 Å². The summed E-state index contributed by atoms with van der Waals surface area (Å²) in [5.74, 6) is -1.34. The van der Waals surface area contributed by atoms with E-state index < -0.39 is 27.3 Å². The molecular weight excluding hydrogens is 387 g/mol. The second-order valence-corrected chi connectivity index (χ2v) is 7.48. The summed E-state index contributed by atoms with van der Waals surface area (Å²) in [5.41, 5.74) is -0.0937. The van der Waals surface area contributed by atoms with E-state index in [1.165, 1.54) is 42.5 Å². The molecule has 0 saturated carbocycles. The Morgan fingerprint density at radius 1 is 1.11 bits per heavy atom. The van der Waals surface area contributed by atoms with Crippen molar-refractivity contribution in [3.8, 4) is 0 Å². The Balaban J connectivity index is 1.88. The van der Waals surface area contributed by atoms with E-state index in [2.05, 4.69) is 20.2 Å². The second kappa shape index (κ2) is 7.61. The number of halogens is 1. The number of aromatic amines is 1. The number of sulfonamides is 1. The summed E-state index contributed by atoms with van der Waals surface area (Å²) >= 11 is 0. The quantitative estimate of drug-likeness (QED) is 0.605. The number of aromatic nitrogens is 2. The van der Waals surface area contributed by atoms with Crippen molar-refractivity contribution in [2.45, 2.75) is 11.8 Å². The van der Waals surface area contributed by atoms with Crippen LogP contribution in [-0.4, -0.2) is 24.5 Å². The van der Waals surface area contributed by atoms with E-state index in [1.807, 2.05) is 0 Å². The van der Waals surface area contributed by atoms with E-state index in [9.17, 15) is 22.4 Å². The Morgan fingerprint density at radius 2 is 1.86 bits per heavy atom. The molecule has 0 radical (unpaired) electrons. The van der Waals surface area contributed by atoms with Crippen molar-refractivity contribution < 1.29 is 17.6 Å². The molecule has 1 aromatic heterocycles. The van der Waals surface area contributed by atoms with Gasteiger partial charge in [0.25, 0.3) is 21.5 Å². The normalized spacial score (nSPS) is 11.1. The molecule has 3 aromatic rings. The highest BCUT2D eigenvalue weighted by Crippen LogP contribution is 2.24. The Kier molecular flexibility index (Phi) is 5.23. The number of carbonyl (C=O) groups is 1. The number of para-hydroxylation sites is 1. The topological polar surface area (TPSA) is 121 Å². The van der Waals surface area contributed by atoms with E-state index in [0.29, 0.717) is 5.56 Å². The lowest BCUT2D eigenvalue weighted by Gasteiger charge is -2.13. The number of nitrogens with one attached hydrogen (secondary N) is 3. The third-order valence-electron chi connectivity index (χ3n) is 3.77. The highest BCUT2D eigenvalue weighted by atomic mass is 32.2. The molecule has 0 aliphatic heterocycles. The fraction of sp³-hybridized carbons (Fsp3) is 0.0556. The molecule has 0 fully saturated rings. The first-order valence-electron chi connectivity index (χ1n) is 8.01. The summed E-state index contributed by atoms with van der Waals surface area (Å²) in [5, 5.41) is 8.25. The predicted molar refractivity (Wildman–Crippen MR) is 101 cm³/mol. The number of rotatable bonds is 5. The number of aryl methyl sites for hydroxylation is 1. The van der Waals surface area contributed by atoms with Crippen molar-refractivity contribution in [2.24, 2.45) is 0 Å². The fourth-order valence-corrected chi connectivity index (χ4v) is 3.72. The van der Waals surface area contributed by atoms with Gasteiger partial charge in [-0.1, -0.05) is 18.2 Å². The Labute approximate surface area is 159 Å². The summed E-state index contributed by atoms with van der Waals surface area (Å²) in [6.07, 6.45) is 0. The largest absolute Gasteiger partial charge is 0.321 e. The molecule has 0 unspecified atom stereocenters. The van der Waals surface area contributed by atoms with Gasteiger partial charge in [0.2, 0.25) is 0 Å². The molecule has 8 nitrogen and oxygen atoms in total. The van der Waals surface area contributed by atoms with E-state index >= 15 is 0 Å². The van der Waals surface area contributed by atoms with Gasteiger partial charge in [-0.15, -0.1) is 0 Å². The first-order valence-corrected chi connectivity index (χ1v) is 9.50. The number of carbonyl (C=O) groups excluding carboxylic acids is 1. The van der Waals surface area contributed by atoms with Gasteiger partial charge in [-0.05, 0) is 42.8 Å². The van der Waals surface area contributed by atoms with Gasteiger partial charge in [0.15, 0.2) is 0 Å². The summed E-state index contributed by atoms with van der Waals surface area (Å²) in [6.45, 7) is 1.57. The molecule has 28 heavy (non-hydrogen) atoms. The molecule has 0 aliphatic carbocycles. The van der Waals surface area contributed by atoms with Crippen LogP contribution in [0.4, 0.5) is 15.8 Å². The van der Waals surface area contributed by atoms with E-state index in [-0.39, 0.29) is 22.0 Å². The van der Waals surface area contributed by atoms with E-state index in [4.69, 9.17) is 0 Å². The van der Waals surface area contributed by atoms with Crippen LogP contribution in [0.5, 0.6) is 0 Å². The molecule has 0 spiro atoms. The first-order chi connectivity index (χ1) is 13.3. The highest BCUT2D eigenvalue weighted by molar-refractivity contribution is 7.92. The van der Waals surface area contributed by atoms with Crippen molar-refractivity contribution in [3.05, 3.63) is 82.0 Å². The average Bonchev–Trinajstić information content (AvgIpc) is 2.65. The fourth-order valence-electron chi connectivity index (χ4n) is 2.38. The Hall–Kier alpha value is -3.53. The standard InChI is InChI=1S/C18H15FN4O4S/c1-11-6-7-12(20-18(25)15-8-9-17(24)22-21-15)10-16(11)28(26,27)23-14-5-3-2-4-13(14)19/h2-10,23H,1H3,(H,20,25)(H,22,24). The number of hydrogen-bond donors (Lipinski definition) is 3. The zero-order valence-electron chi connectivity index (χ0n) is 14.6. The third kappa shape index (κ3) is 4.23. The van der Waals surface area contributed by atoms with Crippen LogP contribution in [0.15, 0.2) is 64.3 Å². The molecule has 1 amide bonds. The van der Waals surface area contributed by atoms with Crippen LogP contribution in [0.25, 0.3) is 0 Å². The predicted octanol–water partition coefficient (Wildman–Crippen LogP) is 2.27. The smallest absolute Gasteiger partial charge is 0.276 e. The van der Waals surface area contributed by atoms with Crippen LogP contribution in [-0.2, 0) is 10.0 Å². The molecule has 144 valence electrons. The lowest BCUT2D eigenvalue weighted by molar-refractivity contribution is 0.102. The van der Waals surface area contributed by atoms with Crippen LogP contribution >= 0.6 is 0 Å².